The Kier molecular flexibility index (Phi) is 31.2. The molecule has 0 heterocycles. The van der Waals surface area contributed by atoms with Gasteiger partial charge in [0.05, 0.1) is 6.61 Å². The molecule has 37 heavy (non-hydrogen) atoms. The highest BCUT2D eigenvalue weighted by Gasteiger charge is 2.03. The molecule has 3 heteroatoms. The second-order valence-corrected chi connectivity index (χ2v) is 12.1. The molecule has 0 aromatic heterocycles. The lowest BCUT2D eigenvalue weighted by Crippen LogP contribution is -2.05. The van der Waals surface area contributed by atoms with E-state index in [1.165, 1.54) is 154 Å². The predicted molar refractivity (Wildman–Crippen MR) is 162 cm³/mol. The highest BCUT2D eigenvalue weighted by atomic mass is 16.5. The normalized spacial score (nSPS) is 11.5. The van der Waals surface area contributed by atoms with Gasteiger partial charge in [0.2, 0.25) is 0 Å². The summed E-state index contributed by atoms with van der Waals surface area (Å²) in [5, 5.41) is 8.77. The van der Waals surface area contributed by atoms with Crippen LogP contribution in [0.25, 0.3) is 0 Å². The summed E-state index contributed by atoms with van der Waals surface area (Å²) in [5.41, 5.74) is 0. The molecule has 0 aliphatic carbocycles. The van der Waals surface area contributed by atoms with E-state index in [0.29, 0.717) is 19.6 Å². The van der Waals surface area contributed by atoms with E-state index in [1.54, 1.807) is 0 Å². The third-order valence-electron chi connectivity index (χ3n) is 7.73. The second kappa shape index (κ2) is 31.6. The summed E-state index contributed by atoms with van der Waals surface area (Å²) < 4.78 is 5.42. The Balaban J connectivity index is 3.15. The molecule has 0 aromatic carbocycles. The summed E-state index contributed by atoms with van der Waals surface area (Å²) in [5.74, 6) is 0.880. The molecule has 0 radical (unpaired) electrons. The van der Waals surface area contributed by atoms with Crippen LogP contribution in [-0.4, -0.2) is 24.3 Å². The minimum absolute atomic E-state index is 0.0155. The van der Waals surface area contributed by atoms with Crippen molar-refractivity contribution < 1.29 is 14.6 Å². The Labute approximate surface area is 233 Å². The third-order valence-corrected chi connectivity index (χ3v) is 7.73. The van der Waals surface area contributed by atoms with Gasteiger partial charge in [-0.15, -0.1) is 0 Å². The maximum Gasteiger partial charge on any atom is 0.305 e. The molecule has 0 atom stereocenters. The first kappa shape index (κ1) is 36.4. The van der Waals surface area contributed by atoms with Crippen molar-refractivity contribution in [2.45, 2.75) is 194 Å². The standard InChI is InChI=1S/C34H68O3/c1-33(2)29-25-21-17-13-9-8-12-16-20-24-28-32-37-34(36)30-26-22-18-14-10-6-4-3-5-7-11-15-19-23-27-31-35/h33,35H,3-32H2,1-2H3. The molecule has 0 spiro atoms. The monoisotopic (exact) mass is 525 g/mol. The molecule has 3 nitrogen and oxygen atoms in total. The Morgan fingerprint density at radius 1 is 0.486 bits per heavy atom. The molecule has 0 amide bonds. The smallest absolute Gasteiger partial charge is 0.305 e. The fourth-order valence-electron chi connectivity index (χ4n) is 5.18. The molecule has 0 aliphatic rings. The average Bonchev–Trinajstić information content (AvgIpc) is 2.88. The van der Waals surface area contributed by atoms with Crippen molar-refractivity contribution in [1.82, 2.24) is 0 Å². The minimum Gasteiger partial charge on any atom is -0.466 e. The summed E-state index contributed by atoms with van der Waals surface area (Å²) >= 11 is 0. The van der Waals surface area contributed by atoms with E-state index in [2.05, 4.69) is 13.8 Å². The summed E-state index contributed by atoms with van der Waals surface area (Å²) in [6, 6.07) is 0. The SMILES string of the molecule is CC(C)CCCCCCCCCCCCCOC(=O)CCCCCCCCCCCCCCCCCO. The topological polar surface area (TPSA) is 46.5 Å². The summed E-state index contributed by atoms with van der Waals surface area (Å²) in [6.07, 6.45) is 35.9. The highest BCUT2D eigenvalue weighted by molar-refractivity contribution is 5.69. The lowest BCUT2D eigenvalue weighted by atomic mass is 10.0. The van der Waals surface area contributed by atoms with Crippen LogP contribution in [0, 0.1) is 5.92 Å². The van der Waals surface area contributed by atoms with Crippen LogP contribution in [-0.2, 0) is 9.53 Å². The molecule has 0 unspecified atom stereocenters. The Morgan fingerprint density at radius 2 is 0.811 bits per heavy atom. The van der Waals surface area contributed by atoms with E-state index in [-0.39, 0.29) is 5.97 Å². The number of hydrogen-bond acceptors (Lipinski definition) is 3. The maximum absolute atomic E-state index is 11.9. The number of aliphatic hydroxyl groups is 1. The predicted octanol–water partition coefficient (Wildman–Crippen LogP) is 11.1. The van der Waals surface area contributed by atoms with Gasteiger partial charge in [0.25, 0.3) is 0 Å². The minimum atomic E-state index is 0.0155. The number of rotatable bonds is 31. The summed E-state index contributed by atoms with van der Waals surface area (Å²) in [6.45, 7) is 5.62. The molecular formula is C34H68O3. The molecule has 0 aromatic rings. The summed E-state index contributed by atoms with van der Waals surface area (Å²) in [7, 11) is 0. The molecule has 0 saturated carbocycles. The molecule has 0 rings (SSSR count). The maximum atomic E-state index is 11.9. The van der Waals surface area contributed by atoms with E-state index >= 15 is 0 Å². The molecule has 0 aliphatic heterocycles. The number of esters is 1. The lowest BCUT2D eigenvalue weighted by molar-refractivity contribution is -0.143. The van der Waals surface area contributed by atoms with Crippen molar-refractivity contribution in [3.8, 4) is 0 Å². The quantitative estimate of drug-likeness (QED) is 0.0724. The number of aliphatic hydroxyl groups excluding tert-OH is 1. The van der Waals surface area contributed by atoms with Gasteiger partial charge in [-0.05, 0) is 25.2 Å². The van der Waals surface area contributed by atoms with E-state index in [1.807, 2.05) is 0 Å². The van der Waals surface area contributed by atoms with Crippen LogP contribution in [0.3, 0.4) is 0 Å². The fourth-order valence-corrected chi connectivity index (χ4v) is 5.18. The molecule has 222 valence electrons. The lowest BCUT2D eigenvalue weighted by Gasteiger charge is -2.06. The van der Waals surface area contributed by atoms with Crippen molar-refractivity contribution in [2.75, 3.05) is 13.2 Å². The van der Waals surface area contributed by atoms with Crippen LogP contribution >= 0.6 is 0 Å². The van der Waals surface area contributed by atoms with Crippen molar-refractivity contribution in [3.05, 3.63) is 0 Å². The fraction of sp³-hybridized carbons (Fsp3) is 0.971. The van der Waals surface area contributed by atoms with Gasteiger partial charge in [-0.25, -0.2) is 0 Å². The largest absolute Gasteiger partial charge is 0.466 e. The van der Waals surface area contributed by atoms with Gasteiger partial charge in [0.15, 0.2) is 0 Å². The van der Waals surface area contributed by atoms with Crippen molar-refractivity contribution in [3.63, 3.8) is 0 Å². The zero-order valence-electron chi connectivity index (χ0n) is 25.6. The number of carbonyl (C=O) groups is 1. The number of carbonyl (C=O) groups excluding carboxylic acids is 1. The average molecular weight is 525 g/mol. The van der Waals surface area contributed by atoms with Gasteiger partial charge < -0.3 is 9.84 Å². The van der Waals surface area contributed by atoms with Crippen LogP contribution in [0.4, 0.5) is 0 Å². The summed E-state index contributed by atoms with van der Waals surface area (Å²) in [4.78, 5) is 11.9. The van der Waals surface area contributed by atoms with Crippen molar-refractivity contribution >= 4 is 5.97 Å². The number of hydrogen-bond donors (Lipinski definition) is 1. The zero-order chi connectivity index (χ0) is 27.1. The van der Waals surface area contributed by atoms with Crippen LogP contribution in [0.1, 0.15) is 194 Å². The Bertz CT molecular complexity index is 435. The van der Waals surface area contributed by atoms with E-state index in [4.69, 9.17) is 9.84 Å². The first-order valence-electron chi connectivity index (χ1n) is 16.9. The molecule has 1 N–H and O–H groups in total. The number of unbranched alkanes of at least 4 members (excludes halogenated alkanes) is 24. The first-order chi connectivity index (χ1) is 18.2. The van der Waals surface area contributed by atoms with Crippen LogP contribution in [0.5, 0.6) is 0 Å². The van der Waals surface area contributed by atoms with Crippen LogP contribution < -0.4 is 0 Å². The zero-order valence-corrected chi connectivity index (χ0v) is 25.6. The first-order valence-corrected chi connectivity index (χ1v) is 16.9. The van der Waals surface area contributed by atoms with E-state index in [0.717, 1.165) is 25.2 Å². The van der Waals surface area contributed by atoms with Crippen molar-refractivity contribution in [2.24, 2.45) is 5.92 Å². The van der Waals surface area contributed by atoms with Crippen molar-refractivity contribution in [1.29, 1.82) is 0 Å². The number of ether oxygens (including phenoxy) is 1. The van der Waals surface area contributed by atoms with Gasteiger partial charge in [0, 0.05) is 13.0 Å². The van der Waals surface area contributed by atoms with E-state index in [9.17, 15) is 4.79 Å². The van der Waals surface area contributed by atoms with Gasteiger partial charge in [-0.1, -0.05) is 168 Å². The van der Waals surface area contributed by atoms with Crippen LogP contribution in [0.15, 0.2) is 0 Å². The molecule has 0 saturated heterocycles. The van der Waals surface area contributed by atoms with Gasteiger partial charge >= 0.3 is 5.97 Å². The Morgan fingerprint density at radius 3 is 1.19 bits per heavy atom. The Hall–Kier alpha value is -0.570. The molecule has 0 bridgehead atoms. The molecular weight excluding hydrogens is 456 g/mol. The third kappa shape index (κ3) is 33.4. The molecule has 0 fully saturated rings. The van der Waals surface area contributed by atoms with E-state index < -0.39 is 0 Å². The van der Waals surface area contributed by atoms with Gasteiger partial charge in [-0.2, -0.15) is 0 Å². The second-order valence-electron chi connectivity index (χ2n) is 12.1. The van der Waals surface area contributed by atoms with Gasteiger partial charge in [0.1, 0.15) is 0 Å². The highest BCUT2D eigenvalue weighted by Crippen LogP contribution is 2.15. The van der Waals surface area contributed by atoms with Gasteiger partial charge in [-0.3, -0.25) is 4.79 Å². The van der Waals surface area contributed by atoms with Crippen LogP contribution in [0.2, 0.25) is 0 Å².